The number of rotatable bonds is 5. The molecule has 0 fully saturated rings. The fourth-order valence-electron chi connectivity index (χ4n) is 2.82. The lowest BCUT2D eigenvalue weighted by atomic mass is 10.1. The van der Waals surface area contributed by atoms with Gasteiger partial charge in [-0.1, -0.05) is 48.5 Å². The Labute approximate surface area is 164 Å². The molecule has 2 N–H and O–H groups in total. The molecule has 0 saturated heterocycles. The number of carbonyl (C=O) groups is 2. The van der Waals surface area contributed by atoms with Crippen molar-refractivity contribution in [2.75, 3.05) is 10.6 Å². The monoisotopic (exact) mass is 370 g/mol. The van der Waals surface area contributed by atoms with Crippen LogP contribution in [0, 0.1) is 13.8 Å². The van der Waals surface area contributed by atoms with Crippen molar-refractivity contribution in [3.63, 3.8) is 0 Å². The van der Waals surface area contributed by atoms with Gasteiger partial charge in [-0.15, -0.1) is 0 Å². The molecule has 0 bridgehead atoms. The molecule has 0 aliphatic rings. The average Bonchev–Trinajstić information content (AvgIpc) is 2.69. The van der Waals surface area contributed by atoms with E-state index in [9.17, 15) is 9.59 Å². The molecule has 3 rings (SSSR count). The Hall–Kier alpha value is -3.66. The summed E-state index contributed by atoms with van der Waals surface area (Å²) >= 11 is 0. The summed E-state index contributed by atoms with van der Waals surface area (Å²) in [5, 5.41) is 5.76. The summed E-state index contributed by atoms with van der Waals surface area (Å²) in [6, 6.07) is 22.5. The molecule has 3 aromatic carbocycles. The third kappa shape index (κ3) is 4.95. The number of amides is 2. The molecular weight excluding hydrogens is 348 g/mol. The van der Waals surface area contributed by atoms with Crippen LogP contribution < -0.4 is 10.6 Å². The quantitative estimate of drug-likeness (QED) is 0.606. The summed E-state index contributed by atoms with van der Waals surface area (Å²) in [4.78, 5) is 24.6. The van der Waals surface area contributed by atoms with E-state index in [0.29, 0.717) is 16.9 Å². The molecule has 0 unspecified atom stereocenters. The van der Waals surface area contributed by atoms with Crippen molar-refractivity contribution in [1.82, 2.24) is 0 Å². The predicted molar refractivity (Wildman–Crippen MR) is 114 cm³/mol. The lowest BCUT2D eigenvalue weighted by Gasteiger charge is -2.12. The second-order valence-electron chi connectivity index (χ2n) is 6.53. The molecule has 2 amide bonds. The van der Waals surface area contributed by atoms with Gasteiger partial charge in [0.2, 0.25) is 5.91 Å². The maximum atomic E-state index is 12.5. The Morgan fingerprint density at radius 2 is 1.50 bits per heavy atom. The number of hydrogen-bond acceptors (Lipinski definition) is 2. The fourth-order valence-corrected chi connectivity index (χ4v) is 2.82. The van der Waals surface area contributed by atoms with Gasteiger partial charge in [0.25, 0.3) is 5.91 Å². The Kier molecular flexibility index (Phi) is 6.02. The first-order valence-corrected chi connectivity index (χ1v) is 9.04. The van der Waals surface area contributed by atoms with Crippen LogP contribution in [0.5, 0.6) is 0 Å². The van der Waals surface area contributed by atoms with E-state index >= 15 is 0 Å². The molecule has 0 aliphatic heterocycles. The number of benzene rings is 3. The predicted octanol–water partition coefficient (Wildman–Crippen LogP) is 5.21. The summed E-state index contributed by atoms with van der Waals surface area (Å²) in [7, 11) is 0. The highest BCUT2D eigenvalue weighted by molar-refractivity contribution is 6.06. The van der Waals surface area contributed by atoms with Crippen LogP contribution in [0.15, 0.2) is 78.9 Å². The third-order valence-electron chi connectivity index (χ3n) is 4.36. The minimum absolute atomic E-state index is 0.149. The van der Waals surface area contributed by atoms with Crippen LogP contribution in [0.4, 0.5) is 11.4 Å². The van der Waals surface area contributed by atoms with Gasteiger partial charge in [0, 0.05) is 23.0 Å². The van der Waals surface area contributed by atoms with Crippen LogP contribution in [0.1, 0.15) is 27.0 Å². The van der Waals surface area contributed by atoms with Crippen molar-refractivity contribution < 1.29 is 9.59 Å². The highest BCUT2D eigenvalue weighted by Gasteiger charge is 2.10. The minimum Gasteiger partial charge on any atom is -0.323 e. The van der Waals surface area contributed by atoms with E-state index in [4.69, 9.17) is 0 Å². The van der Waals surface area contributed by atoms with Crippen LogP contribution in [0.2, 0.25) is 0 Å². The largest absolute Gasteiger partial charge is 0.323 e. The van der Waals surface area contributed by atoms with Gasteiger partial charge < -0.3 is 10.6 Å². The molecule has 3 aromatic rings. The van der Waals surface area contributed by atoms with Crippen molar-refractivity contribution >= 4 is 29.3 Å². The summed E-state index contributed by atoms with van der Waals surface area (Å²) in [6.07, 6.45) is 3.26. The maximum absolute atomic E-state index is 12.5. The minimum atomic E-state index is -0.208. The van der Waals surface area contributed by atoms with Gasteiger partial charge in [-0.05, 0) is 60.9 Å². The van der Waals surface area contributed by atoms with Crippen LogP contribution in [0.3, 0.4) is 0 Å². The van der Waals surface area contributed by atoms with Gasteiger partial charge in [-0.3, -0.25) is 9.59 Å². The van der Waals surface area contributed by atoms with Crippen molar-refractivity contribution in [3.05, 3.63) is 101 Å². The Bertz CT molecular complexity index is 1020. The Balaban J connectivity index is 1.65. The van der Waals surface area contributed by atoms with E-state index in [1.165, 1.54) is 6.08 Å². The van der Waals surface area contributed by atoms with Gasteiger partial charge in [0.15, 0.2) is 0 Å². The van der Waals surface area contributed by atoms with E-state index in [2.05, 4.69) is 10.6 Å². The van der Waals surface area contributed by atoms with Gasteiger partial charge in [-0.2, -0.15) is 0 Å². The average molecular weight is 370 g/mol. The molecule has 0 aromatic heterocycles. The number of aryl methyl sites for hydroxylation is 2. The molecule has 0 atom stereocenters. The summed E-state index contributed by atoms with van der Waals surface area (Å²) in [6.45, 7) is 3.80. The van der Waals surface area contributed by atoms with Crippen molar-refractivity contribution in [1.29, 1.82) is 0 Å². The van der Waals surface area contributed by atoms with Crippen molar-refractivity contribution in [2.24, 2.45) is 0 Å². The van der Waals surface area contributed by atoms with Crippen LogP contribution in [0.25, 0.3) is 6.08 Å². The number of hydrogen-bond donors (Lipinski definition) is 2. The topological polar surface area (TPSA) is 58.2 Å². The summed E-state index contributed by atoms with van der Waals surface area (Å²) < 4.78 is 0. The third-order valence-corrected chi connectivity index (χ3v) is 4.36. The first-order chi connectivity index (χ1) is 13.5. The second-order valence-corrected chi connectivity index (χ2v) is 6.53. The summed E-state index contributed by atoms with van der Waals surface area (Å²) in [5.41, 5.74) is 4.78. The number of carbonyl (C=O) groups excluding carboxylic acids is 2. The maximum Gasteiger partial charge on any atom is 0.255 e. The highest BCUT2D eigenvalue weighted by atomic mass is 16.2. The van der Waals surface area contributed by atoms with Crippen LogP contribution in [-0.2, 0) is 4.79 Å². The standard InChI is InChI=1S/C24H22N2O2/c1-17-8-6-7-11-21(17)24(28)26-22-14-13-20(16-18(22)2)25-23(27)15-12-19-9-4-3-5-10-19/h3-16H,1-2H3,(H,25,27)(H,26,28). The first kappa shape index (κ1) is 19.1. The van der Waals surface area contributed by atoms with Gasteiger partial charge in [0.1, 0.15) is 0 Å². The number of anilines is 2. The van der Waals surface area contributed by atoms with Gasteiger partial charge in [0.05, 0.1) is 0 Å². The van der Waals surface area contributed by atoms with E-state index in [1.54, 1.807) is 24.3 Å². The molecule has 4 nitrogen and oxygen atoms in total. The Morgan fingerprint density at radius 3 is 2.21 bits per heavy atom. The molecule has 0 aliphatic carbocycles. The van der Waals surface area contributed by atoms with Gasteiger partial charge >= 0.3 is 0 Å². The molecule has 140 valence electrons. The van der Waals surface area contributed by atoms with Crippen molar-refractivity contribution in [2.45, 2.75) is 13.8 Å². The summed E-state index contributed by atoms with van der Waals surface area (Å²) in [5.74, 6) is -0.358. The van der Waals surface area contributed by atoms with Gasteiger partial charge in [-0.25, -0.2) is 0 Å². The molecule has 28 heavy (non-hydrogen) atoms. The van der Waals surface area contributed by atoms with Crippen molar-refractivity contribution in [3.8, 4) is 0 Å². The van der Waals surface area contributed by atoms with Crippen LogP contribution in [-0.4, -0.2) is 11.8 Å². The molecular formula is C24H22N2O2. The Morgan fingerprint density at radius 1 is 0.786 bits per heavy atom. The van der Waals surface area contributed by atoms with E-state index in [1.807, 2.05) is 68.4 Å². The lowest BCUT2D eigenvalue weighted by Crippen LogP contribution is -2.14. The first-order valence-electron chi connectivity index (χ1n) is 9.04. The fraction of sp³-hybridized carbons (Fsp3) is 0.0833. The zero-order chi connectivity index (χ0) is 19.9. The van der Waals surface area contributed by atoms with Crippen LogP contribution >= 0.6 is 0 Å². The normalized spacial score (nSPS) is 10.6. The lowest BCUT2D eigenvalue weighted by molar-refractivity contribution is -0.111. The zero-order valence-corrected chi connectivity index (χ0v) is 15.9. The van der Waals surface area contributed by atoms with E-state index in [-0.39, 0.29) is 11.8 Å². The zero-order valence-electron chi connectivity index (χ0n) is 15.9. The molecule has 0 spiro atoms. The smallest absolute Gasteiger partial charge is 0.255 e. The van der Waals surface area contributed by atoms with E-state index in [0.717, 1.165) is 16.7 Å². The molecule has 0 saturated carbocycles. The SMILES string of the molecule is Cc1cc(NC(=O)C=Cc2ccccc2)ccc1NC(=O)c1ccccc1C. The number of nitrogens with one attached hydrogen (secondary N) is 2. The molecule has 0 radical (unpaired) electrons. The second kappa shape index (κ2) is 8.82. The molecule has 4 heteroatoms. The molecule has 0 heterocycles. The highest BCUT2D eigenvalue weighted by Crippen LogP contribution is 2.21. The van der Waals surface area contributed by atoms with E-state index < -0.39 is 0 Å².